The second kappa shape index (κ2) is 8.61. The molecule has 1 N–H and O–H groups in total. The van der Waals surface area contributed by atoms with Crippen molar-refractivity contribution in [2.75, 3.05) is 11.3 Å². The van der Waals surface area contributed by atoms with Gasteiger partial charge in [-0.3, -0.25) is 9.52 Å². The molecule has 0 aliphatic heterocycles. The molecule has 0 aliphatic carbocycles. The normalized spacial score (nSPS) is 11.9. The molecule has 0 radical (unpaired) electrons. The van der Waals surface area contributed by atoms with Gasteiger partial charge in [0.15, 0.2) is 5.13 Å². The Labute approximate surface area is 176 Å². The minimum absolute atomic E-state index is 0.00823. The molecule has 0 fully saturated rings. The smallest absolute Gasteiger partial charge is 0.311 e. The molecule has 0 aliphatic rings. The molecule has 0 bridgehead atoms. The lowest BCUT2D eigenvalue weighted by atomic mass is 10.4. The molecule has 0 unspecified atom stereocenters. The number of benzene rings is 1. The van der Waals surface area contributed by atoms with Crippen molar-refractivity contribution in [3.05, 3.63) is 52.9 Å². The van der Waals surface area contributed by atoms with E-state index >= 15 is 0 Å². The number of ether oxygens (including phenoxy) is 1. The predicted molar refractivity (Wildman–Crippen MR) is 109 cm³/mol. The summed E-state index contributed by atoms with van der Waals surface area (Å²) in [4.78, 5) is 16.0. The van der Waals surface area contributed by atoms with Crippen LogP contribution in [0.1, 0.15) is 11.8 Å². The number of nitrogens with one attached hydrogen (secondary N) is 1. The third-order valence-corrected chi connectivity index (χ3v) is 9.30. The lowest BCUT2D eigenvalue weighted by molar-refractivity contribution is -0.142. The predicted octanol–water partition coefficient (Wildman–Crippen LogP) is 2.94. The zero-order valence-corrected chi connectivity index (χ0v) is 18.3. The van der Waals surface area contributed by atoms with Gasteiger partial charge in [0.1, 0.15) is 4.21 Å². The highest BCUT2D eigenvalue weighted by molar-refractivity contribution is 7.95. The molecule has 0 atom stereocenters. The first-order valence-corrected chi connectivity index (χ1v) is 12.9. The third kappa shape index (κ3) is 5.01. The van der Waals surface area contributed by atoms with Gasteiger partial charge >= 0.3 is 5.97 Å². The van der Waals surface area contributed by atoms with Gasteiger partial charge in [0.05, 0.1) is 22.8 Å². The van der Waals surface area contributed by atoms with Crippen LogP contribution in [-0.4, -0.2) is 34.4 Å². The first-order chi connectivity index (χ1) is 13.7. The highest BCUT2D eigenvalue weighted by Gasteiger charge is 2.24. The van der Waals surface area contributed by atoms with Crippen molar-refractivity contribution in [3.8, 4) is 0 Å². The molecular formula is C17H16N2O6S4. The lowest BCUT2D eigenvalue weighted by Gasteiger charge is -2.02. The number of carbonyl (C=O) groups excluding carboxylic acids is 1. The van der Waals surface area contributed by atoms with Crippen LogP contribution in [0.15, 0.2) is 62.0 Å². The van der Waals surface area contributed by atoms with Crippen LogP contribution in [0.25, 0.3) is 0 Å². The Hall–Kier alpha value is -2.28. The van der Waals surface area contributed by atoms with E-state index < -0.39 is 25.8 Å². The van der Waals surface area contributed by atoms with Gasteiger partial charge in [0.25, 0.3) is 10.0 Å². The van der Waals surface area contributed by atoms with Gasteiger partial charge in [-0.1, -0.05) is 18.2 Å². The minimum Gasteiger partial charge on any atom is -0.466 e. The summed E-state index contributed by atoms with van der Waals surface area (Å²) in [5.74, 6) is -0.431. The van der Waals surface area contributed by atoms with Crippen molar-refractivity contribution in [2.24, 2.45) is 0 Å². The second-order valence-corrected chi connectivity index (χ2v) is 11.5. The SMILES string of the molecule is CCOC(=O)Cc1cnc(NS(=O)(=O)c2cc(S(=O)(=O)c3ccccc3)cs2)s1. The van der Waals surface area contributed by atoms with Gasteiger partial charge in [0.2, 0.25) is 9.84 Å². The molecule has 0 amide bonds. The van der Waals surface area contributed by atoms with Crippen molar-refractivity contribution in [1.82, 2.24) is 4.98 Å². The first-order valence-electron chi connectivity index (χ1n) is 8.24. The maximum Gasteiger partial charge on any atom is 0.311 e. The van der Waals surface area contributed by atoms with Gasteiger partial charge < -0.3 is 4.74 Å². The molecule has 1 aromatic carbocycles. The molecule has 3 rings (SSSR count). The summed E-state index contributed by atoms with van der Waals surface area (Å²) in [5, 5.41) is 1.36. The highest BCUT2D eigenvalue weighted by atomic mass is 32.2. The molecule has 0 saturated carbocycles. The second-order valence-electron chi connectivity index (χ2n) is 5.64. The molecule has 12 heteroatoms. The number of anilines is 1. The number of thiophene rings is 1. The summed E-state index contributed by atoms with van der Waals surface area (Å²) in [5.41, 5.74) is 0. The van der Waals surface area contributed by atoms with Crippen LogP contribution >= 0.6 is 22.7 Å². The summed E-state index contributed by atoms with van der Waals surface area (Å²) in [6.07, 6.45) is 1.38. The van der Waals surface area contributed by atoms with Crippen LogP contribution in [0.2, 0.25) is 0 Å². The first kappa shape index (κ1) is 21.4. The largest absolute Gasteiger partial charge is 0.466 e. The van der Waals surface area contributed by atoms with E-state index in [2.05, 4.69) is 9.71 Å². The van der Waals surface area contributed by atoms with E-state index in [-0.39, 0.29) is 32.2 Å². The van der Waals surface area contributed by atoms with E-state index in [1.54, 1.807) is 25.1 Å². The van der Waals surface area contributed by atoms with Crippen LogP contribution in [0.3, 0.4) is 0 Å². The van der Waals surface area contributed by atoms with Gasteiger partial charge in [-0.05, 0) is 25.1 Å². The molecular weight excluding hydrogens is 456 g/mol. The maximum atomic E-state index is 12.6. The fraction of sp³-hybridized carbons (Fsp3) is 0.176. The van der Waals surface area contributed by atoms with E-state index in [0.29, 0.717) is 4.88 Å². The third-order valence-electron chi connectivity index (χ3n) is 3.58. The number of esters is 1. The maximum absolute atomic E-state index is 12.6. The summed E-state index contributed by atoms with van der Waals surface area (Å²) in [6.45, 7) is 1.95. The Morgan fingerprint density at radius 3 is 2.55 bits per heavy atom. The fourth-order valence-corrected chi connectivity index (χ4v) is 7.22. The molecule has 2 heterocycles. The molecule has 0 saturated heterocycles. The van der Waals surface area contributed by atoms with Crippen molar-refractivity contribution in [1.29, 1.82) is 0 Å². The number of hydrogen-bond donors (Lipinski definition) is 1. The highest BCUT2D eigenvalue weighted by Crippen LogP contribution is 2.30. The quantitative estimate of drug-likeness (QED) is 0.501. The molecule has 29 heavy (non-hydrogen) atoms. The number of sulfonamides is 1. The zero-order valence-electron chi connectivity index (χ0n) is 15.1. The van der Waals surface area contributed by atoms with Crippen LogP contribution in [0, 0.1) is 0 Å². The number of hydrogen-bond acceptors (Lipinski definition) is 9. The van der Waals surface area contributed by atoms with E-state index in [0.717, 1.165) is 28.7 Å². The van der Waals surface area contributed by atoms with Gasteiger partial charge in [-0.25, -0.2) is 21.8 Å². The Kier molecular flexibility index (Phi) is 6.36. The van der Waals surface area contributed by atoms with Crippen LogP contribution in [0.5, 0.6) is 0 Å². The Morgan fingerprint density at radius 2 is 1.86 bits per heavy atom. The van der Waals surface area contributed by atoms with E-state index in [1.165, 1.54) is 23.7 Å². The number of aromatic nitrogens is 1. The fourth-order valence-electron chi connectivity index (χ4n) is 2.27. The summed E-state index contributed by atoms with van der Waals surface area (Å²) in [7, 11) is -7.84. The number of rotatable bonds is 8. The summed E-state index contributed by atoms with van der Waals surface area (Å²) in [6, 6.07) is 8.88. The van der Waals surface area contributed by atoms with Crippen LogP contribution in [-0.2, 0) is 35.8 Å². The zero-order chi connectivity index (χ0) is 21.1. The van der Waals surface area contributed by atoms with Crippen LogP contribution < -0.4 is 4.72 Å². The molecule has 0 spiro atoms. The Bertz CT molecular complexity index is 1210. The lowest BCUT2D eigenvalue weighted by Crippen LogP contribution is -2.11. The molecule has 2 aromatic heterocycles. The molecule has 154 valence electrons. The number of carbonyl (C=O) groups is 1. The molecule has 3 aromatic rings. The minimum atomic E-state index is -4.02. The Balaban J connectivity index is 1.78. The summed E-state index contributed by atoms with van der Waals surface area (Å²) < 4.78 is 57.4. The van der Waals surface area contributed by atoms with Crippen molar-refractivity contribution < 1.29 is 26.4 Å². The average molecular weight is 473 g/mol. The van der Waals surface area contributed by atoms with Crippen molar-refractivity contribution in [2.45, 2.75) is 27.3 Å². The van der Waals surface area contributed by atoms with Gasteiger partial charge in [-0.15, -0.1) is 22.7 Å². The standard InChI is InChI=1S/C17H16N2O6S4/c1-2-25-15(20)8-12-10-18-17(27-12)19-29(23,24)16-9-14(11-26-16)28(21,22)13-6-4-3-5-7-13/h3-7,9-11H,2,8H2,1H3,(H,18,19). The van der Waals surface area contributed by atoms with Gasteiger partial charge in [0, 0.05) is 16.5 Å². The number of nitrogens with zero attached hydrogens (tertiary/aromatic N) is 1. The summed E-state index contributed by atoms with van der Waals surface area (Å²) >= 11 is 1.80. The van der Waals surface area contributed by atoms with E-state index in [9.17, 15) is 21.6 Å². The van der Waals surface area contributed by atoms with Crippen molar-refractivity contribution in [3.63, 3.8) is 0 Å². The molecule has 8 nitrogen and oxygen atoms in total. The van der Waals surface area contributed by atoms with Crippen molar-refractivity contribution >= 4 is 53.6 Å². The van der Waals surface area contributed by atoms with E-state index in [1.807, 2.05) is 0 Å². The Morgan fingerprint density at radius 1 is 1.14 bits per heavy atom. The number of sulfone groups is 1. The topological polar surface area (TPSA) is 119 Å². The van der Waals surface area contributed by atoms with Crippen LogP contribution in [0.4, 0.5) is 5.13 Å². The average Bonchev–Trinajstić information content (AvgIpc) is 3.33. The van der Waals surface area contributed by atoms with E-state index in [4.69, 9.17) is 4.74 Å². The van der Waals surface area contributed by atoms with Gasteiger partial charge in [-0.2, -0.15) is 0 Å². The monoisotopic (exact) mass is 472 g/mol. The number of thiazole rings is 1.